The minimum Gasteiger partial charge on any atom is -0.424 e. The van der Waals surface area contributed by atoms with Gasteiger partial charge in [0.15, 0.2) is 0 Å². The minimum absolute atomic E-state index is 0.660. The molecule has 0 aliphatic carbocycles. The number of nitrogens with zero attached hydrogens (tertiary/aromatic N) is 3. The van der Waals surface area contributed by atoms with Crippen molar-refractivity contribution in [3.8, 4) is 0 Å². The molecule has 0 amide bonds. The summed E-state index contributed by atoms with van der Waals surface area (Å²) in [6.07, 6.45) is 2.65. The summed E-state index contributed by atoms with van der Waals surface area (Å²) in [4.78, 5) is 2.49. The van der Waals surface area contributed by atoms with Gasteiger partial charge in [-0.05, 0) is 31.8 Å². The Kier molecular flexibility index (Phi) is 2.65. The van der Waals surface area contributed by atoms with Crippen molar-refractivity contribution in [2.24, 2.45) is 5.92 Å². The largest absolute Gasteiger partial charge is 0.424 e. The van der Waals surface area contributed by atoms with Crippen molar-refractivity contribution >= 4 is 0 Å². The van der Waals surface area contributed by atoms with Crippen LogP contribution < -0.4 is 5.32 Å². The third-order valence-electron chi connectivity index (χ3n) is 3.70. The van der Waals surface area contributed by atoms with Crippen LogP contribution in [-0.4, -0.2) is 40.8 Å². The fourth-order valence-corrected chi connectivity index (χ4v) is 2.93. The van der Waals surface area contributed by atoms with Crippen LogP contribution in [0.25, 0.3) is 0 Å². The number of rotatable bonds is 2. The molecule has 5 nitrogen and oxygen atoms in total. The molecule has 2 aliphatic rings. The number of aryl methyl sites for hydroxylation is 1. The van der Waals surface area contributed by atoms with Crippen molar-refractivity contribution < 1.29 is 4.42 Å². The van der Waals surface area contributed by atoms with Gasteiger partial charge in [-0.1, -0.05) is 0 Å². The zero-order valence-corrected chi connectivity index (χ0v) is 9.65. The second-order valence-corrected chi connectivity index (χ2v) is 4.81. The predicted molar refractivity (Wildman–Crippen MR) is 58.8 cm³/mol. The first-order chi connectivity index (χ1) is 7.83. The Hall–Kier alpha value is -0.940. The van der Waals surface area contributed by atoms with Crippen LogP contribution in [0, 0.1) is 12.8 Å². The molecule has 5 heteroatoms. The van der Waals surface area contributed by atoms with Gasteiger partial charge in [-0.15, -0.1) is 10.2 Å². The molecular formula is C11H18N4O. The highest BCUT2D eigenvalue weighted by atomic mass is 16.4. The van der Waals surface area contributed by atoms with E-state index in [0.717, 1.165) is 31.4 Å². The molecule has 2 unspecified atom stereocenters. The lowest BCUT2D eigenvalue weighted by Gasteiger charge is -2.35. The van der Waals surface area contributed by atoms with Gasteiger partial charge in [0.2, 0.25) is 11.8 Å². The fraction of sp³-hybridized carbons (Fsp3) is 0.818. The van der Waals surface area contributed by atoms with E-state index in [4.69, 9.17) is 4.42 Å². The van der Waals surface area contributed by atoms with E-state index in [2.05, 4.69) is 20.4 Å². The summed E-state index contributed by atoms with van der Waals surface area (Å²) in [7, 11) is 0. The van der Waals surface area contributed by atoms with Crippen molar-refractivity contribution in [1.82, 2.24) is 20.4 Å². The van der Waals surface area contributed by atoms with Gasteiger partial charge in [-0.25, -0.2) is 0 Å². The summed E-state index contributed by atoms with van der Waals surface area (Å²) in [5, 5.41) is 11.4. The first kappa shape index (κ1) is 10.2. The van der Waals surface area contributed by atoms with E-state index in [1.807, 2.05) is 6.92 Å². The molecule has 0 bridgehead atoms. The Morgan fingerprint density at radius 2 is 2.38 bits per heavy atom. The highest BCUT2D eigenvalue weighted by Crippen LogP contribution is 2.27. The van der Waals surface area contributed by atoms with Gasteiger partial charge in [0, 0.05) is 19.5 Å². The summed E-state index contributed by atoms with van der Waals surface area (Å²) >= 11 is 0. The third kappa shape index (κ3) is 1.85. The maximum Gasteiger partial charge on any atom is 0.230 e. The number of hydrogen-bond acceptors (Lipinski definition) is 5. The van der Waals surface area contributed by atoms with Gasteiger partial charge < -0.3 is 9.73 Å². The molecule has 1 N–H and O–H groups in total. The highest BCUT2D eigenvalue weighted by molar-refractivity contribution is 4.93. The Bertz CT molecular complexity index is 365. The summed E-state index contributed by atoms with van der Waals surface area (Å²) in [6.45, 7) is 6.09. The maximum absolute atomic E-state index is 5.45. The van der Waals surface area contributed by atoms with Crippen LogP contribution in [0.3, 0.4) is 0 Å². The van der Waals surface area contributed by atoms with Gasteiger partial charge in [-0.2, -0.15) is 0 Å². The summed E-state index contributed by atoms with van der Waals surface area (Å²) in [5.74, 6) is 2.23. The molecule has 1 aromatic rings. The van der Waals surface area contributed by atoms with Crippen molar-refractivity contribution in [2.75, 3.05) is 19.6 Å². The summed E-state index contributed by atoms with van der Waals surface area (Å²) in [6, 6.07) is 0.668. The smallest absolute Gasteiger partial charge is 0.230 e. The zero-order valence-electron chi connectivity index (χ0n) is 9.65. The Morgan fingerprint density at radius 1 is 1.44 bits per heavy atom. The highest BCUT2D eigenvalue weighted by Gasteiger charge is 2.35. The summed E-state index contributed by atoms with van der Waals surface area (Å²) in [5.41, 5.74) is 0. The van der Waals surface area contributed by atoms with Gasteiger partial charge in [-0.3, -0.25) is 4.90 Å². The van der Waals surface area contributed by atoms with Crippen molar-refractivity contribution in [3.63, 3.8) is 0 Å². The SMILES string of the molecule is Cc1nnc(CN2CCCC3CNCC32)o1. The van der Waals surface area contributed by atoms with Gasteiger partial charge in [0.25, 0.3) is 0 Å². The summed E-state index contributed by atoms with van der Waals surface area (Å²) < 4.78 is 5.45. The lowest BCUT2D eigenvalue weighted by atomic mass is 9.92. The normalized spacial score (nSPS) is 30.6. The Morgan fingerprint density at radius 3 is 3.19 bits per heavy atom. The number of nitrogens with one attached hydrogen (secondary N) is 1. The number of piperidine rings is 1. The number of aromatic nitrogens is 2. The maximum atomic E-state index is 5.45. The van der Waals surface area contributed by atoms with Crippen molar-refractivity contribution in [2.45, 2.75) is 32.4 Å². The third-order valence-corrected chi connectivity index (χ3v) is 3.70. The van der Waals surface area contributed by atoms with Crippen LogP contribution in [0.15, 0.2) is 4.42 Å². The average molecular weight is 222 g/mol. The molecule has 0 saturated carbocycles. The molecule has 1 aromatic heterocycles. The van der Waals surface area contributed by atoms with Crippen LogP contribution in [-0.2, 0) is 6.54 Å². The van der Waals surface area contributed by atoms with E-state index >= 15 is 0 Å². The molecular weight excluding hydrogens is 204 g/mol. The lowest BCUT2D eigenvalue weighted by molar-refractivity contribution is 0.107. The van der Waals surface area contributed by atoms with Crippen LogP contribution >= 0.6 is 0 Å². The first-order valence-corrected chi connectivity index (χ1v) is 6.06. The number of hydrogen-bond donors (Lipinski definition) is 1. The van der Waals surface area contributed by atoms with Crippen LogP contribution in [0.5, 0.6) is 0 Å². The molecule has 2 fully saturated rings. The topological polar surface area (TPSA) is 54.2 Å². The molecule has 88 valence electrons. The van der Waals surface area contributed by atoms with E-state index in [1.54, 1.807) is 0 Å². The molecule has 0 spiro atoms. The van der Waals surface area contributed by atoms with Crippen molar-refractivity contribution in [1.29, 1.82) is 0 Å². The monoisotopic (exact) mass is 222 g/mol. The van der Waals surface area contributed by atoms with Crippen LogP contribution in [0.1, 0.15) is 24.6 Å². The van der Waals surface area contributed by atoms with Crippen LogP contribution in [0.2, 0.25) is 0 Å². The van der Waals surface area contributed by atoms with Crippen LogP contribution in [0.4, 0.5) is 0 Å². The quantitative estimate of drug-likeness (QED) is 0.792. The molecule has 2 saturated heterocycles. The first-order valence-electron chi connectivity index (χ1n) is 6.06. The second-order valence-electron chi connectivity index (χ2n) is 4.81. The molecule has 2 aliphatic heterocycles. The van der Waals surface area contributed by atoms with E-state index < -0.39 is 0 Å². The van der Waals surface area contributed by atoms with E-state index in [0.29, 0.717) is 11.9 Å². The second kappa shape index (κ2) is 4.14. The molecule has 0 radical (unpaired) electrons. The van der Waals surface area contributed by atoms with E-state index in [1.165, 1.54) is 19.4 Å². The van der Waals surface area contributed by atoms with Crippen molar-refractivity contribution in [3.05, 3.63) is 11.8 Å². The minimum atomic E-state index is 0.660. The average Bonchev–Trinajstić information content (AvgIpc) is 2.87. The van der Waals surface area contributed by atoms with E-state index in [9.17, 15) is 0 Å². The fourth-order valence-electron chi connectivity index (χ4n) is 2.93. The van der Waals surface area contributed by atoms with Gasteiger partial charge >= 0.3 is 0 Å². The molecule has 3 heterocycles. The molecule has 16 heavy (non-hydrogen) atoms. The molecule has 2 atom stereocenters. The Labute approximate surface area is 95.2 Å². The van der Waals surface area contributed by atoms with E-state index in [-0.39, 0.29) is 0 Å². The molecule has 0 aromatic carbocycles. The number of likely N-dealkylation sites (tertiary alicyclic amines) is 1. The standard InChI is InChI=1S/C11H18N4O/c1-8-13-14-11(16-8)7-15-4-2-3-9-5-12-6-10(9)15/h9-10,12H,2-7H2,1H3. The van der Waals surface area contributed by atoms with Gasteiger partial charge in [0.05, 0.1) is 6.54 Å². The molecule has 3 rings (SSSR count). The zero-order chi connectivity index (χ0) is 11.0. The lowest BCUT2D eigenvalue weighted by Crippen LogP contribution is -2.44. The number of fused-ring (bicyclic) bond motifs is 1. The van der Waals surface area contributed by atoms with Gasteiger partial charge in [0.1, 0.15) is 0 Å². The predicted octanol–water partition coefficient (Wildman–Crippen LogP) is 0.562. The Balaban J connectivity index is 1.69.